The van der Waals surface area contributed by atoms with Crippen LogP contribution >= 0.6 is 0 Å². The molecule has 0 aliphatic carbocycles. The molecule has 0 bridgehead atoms. The first kappa shape index (κ1) is 21.6. The van der Waals surface area contributed by atoms with Crippen molar-refractivity contribution in [3.8, 4) is 5.75 Å². The highest BCUT2D eigenvalue weighted by molar-refractivity contribution is 6.26. The van der Waals surface area contributed by atoms with Crippen LogP contribution in [0.1, 0.15) is 20.7 Å². The van der Waals surface area contributed by atoms with E-state index in [1.54, 1.807) is 85.1 Å². The predicted octanol–water partition coefficient (Wildman–Crippen LogP) is 5.99. The first-order valence-corrected chi connectivity index (χ1v) is 10.2. The Hall–Kier alpha value is -4.65. The minimum atomic E-state index is -0.467. The van der Waals surface area contributed by atoms with Crippen LogP contribution in [0.25, 0.3) is 0 Å². The van der Waals surface area contributed by atoms with Crippen molar-refractivity contribution in [2.24, 2.45) is 10.2 Å². The van der Waals surface area contributed by atoms with Crippen molar-refractivity contribution in [2.45, 2.75) is 0 Å². The first-order chi connectivity index (χ1) is 16.2. The Morgan fingerprint density at radius 1 is 0.758 bits per heavy atom. The van der Waals surface area contributed by atoms with E-state index in [9.17, 15) is 9.59 Å². The maximum Gasteiger partial charge on any atom is 0.265 e. The Labute approximate surface area is 191 Å². The molecule has 0 aliphatic rings. The molecule has 1 aromatic heterocycles. The Kier molecular flexibility index (Phi) is 6.61. The number of carbonyl (C=O) groups is 2. The van der Waals surface area contributed by atoms with E-state index >= 15 is 0 Å². The van der Waals surface area contributed by atoms with Crippen molar-refractivity contribution in [2.75, 3.05) is 12.0 Å². The lowest BCUT2D eigenvalue weighted by Gasteiger charge is -2.23. The lowest BCUT2D eigenvalue weighted by molar-refractivity contribution is 0.0896. The van der Waals surface area contributed by atoms with Gasteiger partial charge in [-0.1, -0.05) is 42.5 Å². The molecule has 0 N–H and O–H groups in total. The smallest absolute Gasteiger partial charge is 0.265 e. The lowest BCUT2D eigenvalue weighted by atomic mass is 10.1. The zero-order valence-corrected chi connectivity index (χ0v) is 17.8. The van der Waals surface area contributed by atoms with Gasteiger partial charge in [-0.15, -0.1) is 10.2 Å². The summed E-state index contributed by atoms with van der Waals surface area (Å²) in [4.78, 5) is 32.1. The molecule has 0 spiro atoms. The van der Waals surface area contributed by atoms with Crippen molar-refractivity contribution < 1.29 is 14.3 Å². The molecule has 33 heavy (non-hydrogen) atoms. The van der Waals surface area contributed by atoms with E-state index in [4.69, 9.17) is 4.74 Å². The van der Waals surface area contributed by atoms with Gasteiger partial charge in [-0.2, -0.15) is 0 Å². The number of nitrogens with zero attached hydrogens (tertiary/aromatic N) is 4. The molecular formula is C26H20N4O3. The summed E-state index contributed by atoms with van der Waals surface area (Å²) in [6.07, 6.45) is 1.63. The SMILES string of the molecule is COc1cc(/N=N\c2ccccn2)ccc1N(C(=O)c1ccccc1)C(=O)c1ccccc1. The van der Waals surface area contributed by atoms with Gasteiger partial charge in [-0.05, 0) is 48.5 Å². The van der Waals surface area contributed by atoms with Crippen LogP contribution in [0.15, 0.2) is 113 Å². The Bertz CT molecular complexity index is 1230. The van der Waals surface area contributed by atoms with Crippen molar-refractivity contribution >= 4 is 29.0 Å². The van der Waals surface area contributed by atoms with Gasteiger partial charge in [0.1, 0.15) is 5.75 Å². The molecule has 2 amide bonds. The fourth-order valence-corrected chi connectivity index (χ4v) is 3.17. The maximum atomic E-state index is 13.4. The van der Waals surface area contributed by atoms with E-state index in [0.29, 0.717) is 34.1 Å². The highest BCUT2D eigenvalue weighted by atomic mass is 16.5. The van der Waals surface area contributed by atoms with Crippen LogP contribution in [0, 0.1) is 0 Å². The third-order valence-electron chi connectivity index (χ3n) is 4.77. The topological polar surface area (TPSA) is 84.2 Å². The van der Waals surface area contributed by atoms with Crippen LogP contribution in [0.4, 0.5) is 17.2 Å². The molecule has 3 aromatic carbocycles. The normalized spacial score (nSPS) is 10.7. The lowest BCUT2D eigenvalue weighted by Crippen LogP contribution is -2.37. The molecule has 0 saturated carbocycles. The predicted molar refractivity (Wildman–Crippen MR) is 125 cm³/mol. The van der Waals surface area contributed by atoms with Crippen molar-refractivity contribution in [3.63, 3.8) is 0 Å². The Balaban J connectivity index is 1.75. The van der Waals surface area contributed by atoms with Gasteiger partial charge in [0, 0.05) is 23.4 Å². The number of anilines is 1. The minimum absolute atomic E-state index is 0.303. The summed E-state index contributed by atoms with van der Waals surface area (Å²) in [5, 5.41) is 8.29. The average molecular weight is 436 g/mol. The molecule has 0 aliphatic heterocycles. The molecule has 162 valence electrons. The zero-order valence-electron chi connectivity index (χ0n) is 17.8. The number of amides is 2. The average Bonchev–Trinajstić information content (AvgIpc) is 2.89. The summed E-state index contributed by atoms with van der Waals surface area (Å²) in [6.45, 7) is 0. The molecular weight excluding hydrogens is 416 g/mol. The second-order valence-electron chi connectivity index (χ2n) is 6.92. The number of benzene rings is 3. The number of hydrogen-bond acceptors (Lipinski definition) is 6. The minimum Gasteiger partial charge on any atom is -0.494 e. The zero-order chi connectivity index (χ0) is 23.0. The number of methoxy groups -OCH3 is 1. The molecule has 1 heterocycles. The van der Waals surface area contributed by atoms with Crippen molar-refractivity contribution in [3.05, 3.63) is 114 Å². The first-order valence-electron chi connectivity index (χ1n) is 10.2. The number of pyridine rings is 1. The van der Waals surface area contributed by atoms with Gasteiger partial charge in [0.2, 0.25) is 0 Å². The van der Waals surface area contributed by atoms with E-state index < -0.39 is 11.8 Å². The summed E-state index contributed by atoms with van der Waals surface area (Å²) < 4.78 is 5.53. The molecule has 0 unspecified atom stereocenters. The van der Waals surface area contributed by atoms with Gasteiger partial charge in [0.15, 0.2) is 5.82 Å². The van der Waals surface area contributed by atoms with E-state index in [2.05, 4.69) is 15.2 Å². The quantitative estimate of drug-likeness (QED) is 0.274. The summed E-state index contributed by atoms with van der Waals surface area (Å²) in [7, 11) is 1.47. The summed E-state index contributed by atoms with van der Waals surface area (Å²) in [6, 6.07) is 27.5. The number of rotatable bonds is 6. The number of aromatic nitrogens is 1. The third kappa shape index (κ3) is 4.99. The Morgan fingerprint density at radius 3 is 1.91 bits per heavy atom. The summed E-state index contributed by atoms with van der Waals surface area (Å²) in [5.41, 5.74) is 1.54. The van der Waals surface area contributed by atoms with Crippen LogP contribution in [-0.2, 0) is 0 Å². The van der Waals surface area contributed by atoms with Gasteiger partial charge in [-0.25, -0.2) is 9.88 Å². The second kappa shape index (κ2) is 10.1. The van der Waals surface area contributed by atoms with E-state index in [0.717, 1.165) is 4.90 Å². The third-order valence-corrected chi connectivity index (χ3v) is 4.77. The fourth-order valence-electron chi connectivity index (χ4n) is 3.17. The number of hydrogen-bond donors (Lipinski definition) is 0. The van der Waals surface area contributed by atoms with Gasteiger partial charge < -0.3 is 4.74 Å². The number of carbonyl (C=O) groups excluding carboxylic acids is 2. The van der Waals surface area contributed by atoms with Crippen molar-refractivity contribution in [1.29, 1.82) is 0 Å². The highest BCUT2D eigenvalue weighted by Gasteiger charge is 2.28. The molecule has 0 radical (unpaired) electrons. The van der Waals surface area contributed by atoms with E-state index in [-0.39, 0.29) is 0 Å². The fraction of sp³-hybridized carbons (Fsp3) is 0.0385. The number of azo groups is 1. The van der Waals surface area contributed by atoms with Gasteiger partial charge in [0.05, 0.1) is 18.5 Å². The monoisotopic (exact) mass is 436 g/mol. The largest absolute Gasteiger partial charge is 0.494 e. The van der Waals surface area contributed by atoms with Gasteiger partial charge >= 0.3 is 0 Å². The van der Waals surface area contributed by atoms with Crippen molar-refractivity contribution in [1.82, 2.24) is 4.98 Å². The molecule has 7 nitrogen and oxygen atoms in total. The number of ether oxygens (including phenoxy) is 1. The molecule has 4 rings (SSSR count). The highest BCUT2D eigenvalue weighted by Crippen LogP contribution is 2.34. The van der Waals surface area contributed by atoms with E-state index in [1.165, 1.54) is 7.11 Å². The molecule has 7 heteroatoms. The van der Waals surface area contributed by atoms with Gasteiger partial charge in [-0.3, -0.25) is 9.59 Å². The molecule has 0 saturated heterocycles. The molecule has 4 aromatic rings. The van der Waals surface area contributed by atoms with Crippen LogP contribution < -0.4 is 9.64 Å². The number of imide groups is 1. The summed E-state index contributed by atoms with van der Waals surface area (Å²) >= 11 is 0. The van der Waals surface area contributed by atoms with Crippen LogP contribution in [0.3, 0.4) is 0 Å². The standard InChI is InChI=1S/C26H20N4O3/c1-33-23-18-21(28-29-24-14-8-9-17-27-24)15-16-22(23)30(25(31)19-10-4-2-5-11-19)26(32)20-12-6-3-7-13-20/h2-18H,1H3/b29-28-. The maximum absolute atomic E-state index is 13.4. The van der Waals surface area contributed by atoms with Crippen LogP contribution in [0.2, 0.25) is 0 Å². The molecule has 0 atom stereocenters. The Morgan fingerprint density at radius 2 is 1.36 bits per heavy atom. The van der Waals surface area contributed by atoms with Crippen LogP contribution in [-0.4, -0.2) is 23.9 Å². The second-order valence-corrected chi connectivity index (χ2v) is 6.92. The summed E-state index contributed by atoms with van der Waals surface area (Å²) in [5.74, 6) is -0.169. The molecule has 0 fully saturated rings. The van der Waals surface area contributed by atoms with Crippen LogP contribution in [0.5, 0.6) is 5.75 Å². The van der Waals surface area contributed by atoms with E-state index in [1.807, 2.05) is 18.2 Å². The van der Waals surface area contributed by atoms with Gasteiger partial charge in [0.25, 0.3) is 11.8 Å².